The van der Waals surface area contributed by atoms with Crippen LogP contribution in [0.4, 0.5) is 0 Å². The highest BCUT2D eigenvalue weighted by atomic mass is 35.5. The van der Waals surface area contributed by atoms with E-state index in [-0.39, 0.29) is 0 Å². The van der Waals surface area contributed by atoms with E-state index in [1.165, 1.54) is 0 Å². The molecule has 0 heterocycles. The molecule has 0 fully saturated rings. The van der Waals surface area contributed by atoms with Gasteiger partial charge < -0.3 is 4.74 Å². The number of ether oxygens (including phenoxy) is 1. The maximum atomic E-state index is 8.70. The molecule has 90 valence electrons. The Kier molecular flexibility index (Phi) is 3.76. The highest BCUT2D eigenvalue weighted by Gasteiger charge is 2.09. The molecule has 2 rings (SSSR count). The normalized spacial score (nSPS) is 9.89. The van der Waals surface area contributed by atoms with E-state index in [0.717, 1.165) is 5.56 Å². The lowest BCUT2D eigenvalue weighted by Crippen LogP contribution is -1.88. The summed E-state index contributed by atoms with van der Waals surface area (Å²) in [5.74, 6) is 1.01. The highest BCUT2D eigenvalue weighted by Crippen LogP contribution is 2.37. The summed E-state index contributed by atoms with van der Waals surface area (Å²) in [6.45, 7) is 1.91. The van der Waals surface area contributed by atoms with Crippen LogP contribution >= 0.6 is 23.2 Å². The van der Waals surface area contributed by atoms with Crippen LogP contribution < -0.4 is 4.74 Å². The van der Waals surface area contributed by atoms with Gasteiger partial charge in [-0.2, -0.15) is 5.26 Å². The molecule has 2 nitrogen and oxygen atoms in total. The Labute approximate surface area is 115 Å². The number of hydrogen-bond acceptors (Lipinski definition) is 2. The molecule has 0 aliphatic carbocycles. The van der Waals surface area contributed by atoms with Crippen molar-refractivity contribution in [3.63, 3.8) is 0 Å². The number of aryl methyl sites for hydroxylation is 1. The first-order valence-electron chi connectivity index (χ1n) is 5.24. The van der Waals surface area contributed by atoms with E-state index in [1.807, 2.05) is 13.0 Å². The van der Waals surface area contributed by atoms with Crippen LogP contribution in [0.5, 0.6) is 11.5 Å². The fourth-order valence-electron chi connectivity index (χ4n) is 1.50. The molecule has 0 aliphatic heterocycles. The van der Waals surface area contributed by atoms with Crippen LogP contribution in [0.2, 0.25) is 10.0 Å². The molecular weight excluding hydrogens is 269 g/mol. The van der Waals surface area contributed by atoms with Gasteiger partial charge in [-0.25, -0.2) is 0 Å². The Morgan fingerprint density at radius 2 is 1.61 bits per heavy atom. The Morgan fingerprint density at radius 1 is 1.06 bits per heavy atom. The van der Waals surface area contributed by atoms with Gasteiger partial charge in [-0.15, -0.1) is 0 Å². The van der Waals surface area contributed by atoms with E-state index >= 15 is 0 Å². The van der Waals surface area contributed by atoms with Crippen molar-refractivity contribution in [2.75, 3.05) is 0 Å². The Balaban J connectivity index is 2.31. The van der Waals surface area contributed by atoms with Gasteiger partial charge in [0.1, 0.15) is 5.75 Å². The van der Waals surface area contributed by atoms with Crippen molar-refractivity contribution in [3.05, 3.63) is 57.6 Å². The molecule has 0 aromatic heterocycles. The number of hydrogen-bond donors (Lipinski definition) is 0. The molecule has 0 saturated heterocycles. The Morgan fingerprint density at radius 3 is 2.11 bits per heavy atom. The number of rotatable bonds is 2. The summed E-state index contributed by atoms with van der Waals surface area (Å²) in [7, 11) is 0. The van der Waals surface area contributed by atoms with Gasteiger partial charge in [0.05, 0.1) is 21.7 Å². The summed E-state index contributed by atoms with van der Waals surface area (Å²) in [5, 5.41) is 9.63. The predicted molar refractivity (Wildman–Crippen MR) is 72.4 cm³/mol. The average molecular weight is 278 g/mol. The maximum Gasteiger partial charge on any atom is 0.164 e. The second kappa shape index (κ2) is 5.30. The first kappa shape index (κ1) is 12.8. The molecular formula is C14H9Cl2NO. The van der Waals surface area contributed by atoms with Crippen molar-refractivity contribution < 1.29 is 4.74 Å². The maximum absolute atomic E-state index is 8.70. The highest BCUT2D eigenvalue weighted by molar-refractivity contribution is 6.37. The number of benzene rings is 2. The summed E-state index contributed by atoms with van der Waals surface area (Å²) in [6.07, 6.45) is 0. The van der Waals surface area contributed by atoms with E-state index in [2.05, 4.69) is 0 Å². The molecule has 4 heteroatoms. The molecule has 18 heavy (non-hydrogen) atoms. The van der Waals surface area contributed by atoms with E-state index in [1.54, 1.807) is 36.4 Å². The molecule has 0 spiro atoms. The van der Waals surface area contributed by atoms with Gasteiger partial charge in [-0.3, -0.25) is 0 Å². The van der Waals surface area contributed by atoms with Crippen molar-refractivity contribution in [1.29, 1.82) is 5.26 Å². The predicted octanol–water partition coefficient (Wildman–Crippen LogP) is 4.97. The van der Waals surface area contributed by atoms with Crippen molar-refractivity contribution in [2.24, 2.45) is 0 Å². The lowest BCUT2D eigenvalue weighted by Gasteiger charge is -2.10. The monoisotopic (exact) mass is 277 g/mol. The van der Waals surface area contributed by atoms with E-state index in [9.17, 15) is 0 Å². The van der Waals surface area contributed by atoms with Crippen molar-refractivity contribution in [1.82, 2.24) is 0 Å². The fraction of sp³-hybridized carbons (Fsp3) is 0.0714. The zero-order valence-corrected chi connectivity index (χ0v) is 11.1. The largest absolute Gasteiger partial charge is 0.454 e. The van der Waals surface area contributed by atoms with Crippen LogP contribution in [-0.2, 0) is 0 Å². The summed E-state index contributed by atoms with van der Waals surface area (Å²) in [6, 6.07) is 12.4. The molecule has 0 atom stereocenters. The second-order valence-electron chi connectivity index (χ2n) is 3.80. The molecule has 0 radical (unpaired) electrons. The topological polar surface area (TPSA) is 33.0 Å². The third-order valence-corrected chi connectivity index (χ3v) is 2.91. The summed E-state index contributed by atoms with van der Waals surface area (Å²) in [4.78, 5) is 0. The van der Waals surface area contributed by atoms with E-state index in [4.69, 9.17) is 33.2 Å². The zero-order chi connectivity index (χ0) is 13.1. The standard InChI is InChI=1S/C14H9Cl2NO/c1-9-6-12(15)14(13(16)7-9)18-11-4-2-10(8-17)3-5-11/h2-7H,1H3. The molecule has 2 aromatic rings. The third-order valence-electron chi connectivity index (χ3n) is 2.35. The second-order valence-corrected chi connectivity index (χ2v) is 4.61. The number of halogens is 2. The van der Waals surface area contributed by atoms with Crippen LogP contribution in [0.15, 0.2) is 36.4 Å². The average Bonchev–Trinajstić information content (AvgIpc) is 2.34. The number of nitrogens with zero attached hydrogens (tertiary/aromatic N) is 1. The minimum absolute atomic E-state index is 0.425. The quantitative estimate of drug-likeness (QED) is 0.777. The molecule has 0 N–H and O–H groups in total. The number of nitriles is 1. The van der Waals surface area contributed by atoms with E-state index < -0.39 is 0 Å². The SMILES string of the molecule is Cc1cc(Cl)c(Oc2ccc(C#N)cc2)c(Cl)c1. The van der Waals surface area contributed by atoms with Crippen molar-refractivity contribution >= 4 is 23.2 Å². The molecule has 0 unspecified atom stereocenters. The van der Waals surface area contributed by atoms with Gasteiger partial charge in [-0.05, 0) is 48.9 Å². The smallest absolute Gasteiger partial charge is 0.164 e. The van der Waals surface area contributed by atoms with Crippen LogP contribution in [0.3, 0.4) is 0 Å². The van der Waals surface area contributed by atoms with Gasteiger partial charge in [0.25, 0.3) is 0 Å². The van der Waals surface area contributed by atoms with Crippen LogP contribution in [-0.4, -0.2) is 0 Å². The molecule has 2 aromatic carbocycles. The molecule has 0 bridgehead atoms. The Hall–Kier alpha value is -1.69. The minimum Gasteiger partial charge on any atom is -0.454 e. The molecule has 0 saturated carbocycles. The van der Waals surface area contributed by atoms with Gasteiger partial charge in [-0.1, -0.05) is 23.2 Å². The zero-order valence-electron chi connectivity index (χ0n) is 9.58. The minimum atomic E-state index is 0.425. The van der Waals surface area contributed by atoms with Crippen LogP contribution in [0.25, 0.3) is 0 Å². The van der Waals surface area contributed by atoms with Crippen molar-refractivity contribution in [2.45, 2.75) is 6.92 Å². The third kappa shape index (κ3) is 2.76. The van der Waals surface area contributed by atoms with Gasteiger partial charge in [0, 0.05) is 0 Å². The lowest BCUT2D eigenvalue weighted by molar-refractivity contribution is 0.483. The first-order valence-corrected chi connectivity index (χ1v) is 5.99. The molecule has 0 amide bonds. The van der Waals surface area contributed by atoms with Crippen molar-refractivity contribution in [3.8, 4) is 17.6 Å². The Bertz CT molecular complexity index is 592. The van der Waals surface area contributed by atoms with E-state index in [0.29, 0.717) is 27.1 Å². The lowest BCUT2D eigenvalue weighted by atomic mass is 10.2. The first-order chi connectivity index (χ1) is 8.60. The van der Waals surface area contributed by atoms with Crippen LogP contribution in [0, 0.1) is 18.3 Å². The fourth-order valence-corrected chi connectivity index (χ4v) is 2.17. The van der Waals surface area contributed by atoms with Gasteiger partial charge in [0.15, 0.2) is 5.75 Å². The summed E-state index contributed by atoms with van der Waals surface area (Å²) < 4.78 is 5.62. The molecule has 0 aliphatic rings. The van der Waals surface area contributed by atoms with Gasteiger partial charge >= 0.3 is 0 Å². The summed E-state index contributed by atoms with van der Waals surface area (Å²) >= 11 is 12.2. The van der Waals surface area contributed by atoms with Gasteiger partial charge in [0.2, 0.25) is 0 Å². The summed E-state index contributed by atoms with van der Waals surface area (Å²) in [5.41, 5.74) is 1.54. The van der Waals surface area contributed by atoms with Crippen LogP contribution in [0.1, 0.15) is 11.1 Å².